The van der Waals surface area contributed by atoms with Crippen molar-refractivity contribution in [3.05, 3.63) is 64.2 Å². The van der Waals surface area contributed by atoms with Crippen molar-refractivity contribution in [2.45, 2.75) is 84.3 Å². The minimum absolute atomic E-state index is 0.106. The van der Waals surface area contributed by atoms with Crippen LogP contribution in [0.4, 0.5) is 5.69 Å². The zero-order valence-electron chi connectivity index (χ0n) is 22.9. The first-order valence-corrected chi connectivity index (χ1v) is 15.6. The summed E-state index contributed by atoms with van der Waals surface area (Å²) in [6.45, 7) is 6.13. The van der Waals surface area contributed by atoms with E-state index in [0.717, 1.165) is 42.4 Å². The van der Waals surface area contributed by atoms with Crippen LogP contribution in [0.2, 0.25) is 5.02 Å². The summed E-state index contributed by atoms with van der Waals surface area (Å²) in [5, 5.41) is 3.68. The van der Waals surface area contributed by atoms with Gasteiger partial charge in [0.15, 0.2) is 0 Å². The first-order chi connectivity index (χ1) is 18.0. The molecule has 0 aromatic heterocycles. The zero-order chi connectivity index (χ0) is 27.9. The van der Waals surface area contributed by atoms with Crippen molar-refractivity contribution in [2.24, 2.45) is 0 Å². The molecular formula is C29H40ClN3O4S. The van der Waals surface area contributed by atoms with Crippen molar-refractivity contribution in [1.29, 1.82) is 0 Å². The summed E-state index contributed by atoms with van der Waals surface area (Å²) in [4.78, 5) is 28.5. The average molecular weight is 562 g/mol. The quantitative estimate of drug-likeness (QED) is 0.377. The Kier molecular flexibility index (Phi) is 10.6. The minimum Gasteiger partial charge on any atom is -0.352 e. The van der Waals surface area contributed by atoms with E-state index in [1.165, 1.54) is 10.6 Å². The summed E-state index contributed by atoms with van der Waals surface area (Å²) in [7, 11) is -3.54. The maximum absolute atomic E-state index is 13.6. The van der Waals surface area contributed by atoms with E-state index in [1.54, 1.807) is 11.0 Å². The third-order valence-corrected chi connectivity index (χ3v) is 8.60. The normalized spacial score (nSPS) is 14.8. The molecule has 1 atom stereocenters. The molecule has 1 aliphatic rings. The second-order valence-corrected chi connectivity index (χ2v) is 12.6. The second-order valence-electron chi connectivity index (χ2n) is 10.3. The maximum Gasteiger partial charge on any atom is 0.243 e. The van der Waals surface area contributed by atoms with Gasteiger partial charge in [-0.2, -0.15) is 0 Å². The Morgan fingerprint density at radius 3 is 2.29 bits per heavy atom. The largest absolute Gasteiger partial charge is 0.352 e. The highest BCUT2D eigenvalue weighted by molar-refractivity contribution is 7.92. The minimum atomic E-state index is -3.54. The van der Waals surface area contributed by atoms with Gasteiger partial charge in [-0.15, -0.1) is 0 Å². The number of hydrogen-bond donors (Lipinski definition) is 1. The van der Waals surface area contributed by atoms with Gasteiger partial charge in [-0.05, 0) is 74.4 Å². The number of amides is 2. The summed E-state index contributed by atoms with van der Waals surface area (Å²) < 4.78 is 26.6. The van der Waals surface area contributed by atoms with E-state index in [-0.39, 0.29) is 37.4 Å². The summed E-state index contributed by atoms with van der Waals surface area (Å²) in [5.74, 6) is -0.347. The smallest absolute Gasteiger partial charge is 0.243 e. The maximum atomic E-state index is 13.6. The molecule has 1 saturated carbocycles. The third kappa shape index (κ3) is 8.21. The molecule has 0 spiro atoms. The van der Waals surface area contributed by atoms with Gasteiger partial charge in [-0.25, -0.2) is 8.42 Å². The van der Waals surface area contributed by atoms with Crippen LogP contribution >= 0.6 is 11.6 Å². The molecule has 1 N–H and O–H groups in total. The molecular weight excluding hydrogens is 522 g/mol. The zero-order valence-corrected chi connectivity index (χ0v) is 24.4. The number of anilines is 1. The van der Waals surface area contributed by atoms with Gasteiger partial charge in [-0.3, -0.25) is 13.9 Å². The molecule has 1 fully saturated rings. The third-order valence-electron chi connectivity index (χ3n) is 7.03. The molecule has 2 aromatic carbocycles. The lowest BCUT2D eigenvalue weighted by Gasteiger charge is -2.32. The number of benzene rings is 2. The molecule has 0 saturated heterocycles. The van der Waals surface area contributed by atoms with Crippen LogP contribution in [-0.4, -0.2) is 50.0 Å². The lowest BCUT2D eigenvalue weighted by Crippen LogP contribution is -2.51. The molecule has 9 heteroatoms. The van der Waals surface area contributed by atoms with Crippen molar-refractivity contribution in [3.8, 4) is 0 Å². The summed E-state index contributed by atoms with van der Waals surface area (Å²) in [6.07, 6.45) is 6.18. The second kappa shape index (κ2) is 13.5. The molecule has 2 amide bonds. The predicted molar refractivity (Wildman–Crippen MR) is 154 cm³/mol. The van der Waals surface area contributed by atoms with Crippen LogP contribution in [0.1, 0.15) is 68.6 Å². The molecule has 7 nitrogen and oxygen atoms in total. The van der Waals surface area contributed by atoms with Gasteiger partial charge in [0, 0.05) is 30.6 Å². The van der Waals surface area contributed by atoms with Crippen molar-refractivity contribution in [2.75, 3.05) is 17.1 Å². The topological polar surface area (TPSA) is 86.8 Å². The van der Waals surface area contributed by atoms with Gasteiger partial charge in [0.05, 0.1) is 11.9 Å². The van der Waals surface area contributed by atoms with Gasteiger partial charge >= 0.3 is 0 Å². The van der Waals surface area contributed by atoms with E-state index in [0.29, 0.717) is 23.6 Å². The van der Waals surface area contributed by atoms with Crippen LogP contribution in [0.5, 0.6) is 0 Å². The molecule has 0 aliphatic heterocycles. The van der Waals surface area contributed by atoms with Crippen LogP contribution in [-0.2, 0) is 26.2 Å². The molecule has 0 heterocycles. The van der Waals surface area contributed by atoms with Crippen molar-refractivity contribution in [1.82, 2.24) is 10.2 Å². The predicted octanol–water partition coefficient (Wildman–Crippen LogP) is 5.37. The molecule has 0 bridgehead atoms. The first-order valence-electron chi connectivity index (χ1n) is 13.4. The van der Waals surface area contributed by atoms with E-state index >= 15 is 0 Å². The molecule has 208 valence electrons. The summed E-state index contributed by atoms with van der Waals surface area (Å²) >= 11 is 6.42. The van der Waals surface area contributed by atoms with E-state index in [2.05, 4.69) is 5.32 Å². The molecule has 1 aliphatic carbocycles. The van der Waals surface area contributed by atoms with Crippen molar-refractivity contribution >= 4 is 39.1 Å². The SMILES string of the molecule is CC[C@@H](C(=O)NC1CCCC1)N(Cc1ccccc1Cl)C(=O)CCCN(c1cc(C)cc(C)c1)S(C)(=O)=O. The first kappa shape index (κ1) is 30.0. The average Bonchev–Trinajstić information content (AvgIpc) is 3.34. The molecule has 0 radical (unpaired) electrons. The number of nitrogens with zero attached hydrogens (tertiary/aromatic N) is 2. The number of sulfonamides is 1. The van der Waals surface area contributed by atoms with E-state index in [9.17, 15) is 18.0 Å². The van der Waals surface area contributed by atoms with Crippen LogP contribution in [0.3, 0.4) is 0 Å². The van der Waals surface area contributed by atoms with Crippen molar-refractivity contribution in [3.63, 3.8) is 0 Å². The Balaban J connectivity index is 1.78. The Morgan fingerprint density at radius 1 is 1.08 bits per heavy atom. The number of carbonyl (C=O) groups is 2. The highest BCUT2D eigenvalue weighted by atomic mass is 35.5. The number of hydrogen-bond acceptors (Lipinski definition) is 4. The lowest BCUT2D eigenvalue weighted by atomic mass is 10.1. The highest BCUT2D eigenvalue weighted by Gasteiger charge is 2.31. The Bertz CT molecular complexity index is 1210. The van der Waals surface area contributed by atoms with Gasteiger partial charge in [0.2, 0.25) is 21.8 Å². The van der Waals surface area contributed by atoms with E-state index in [4.69, 9.17) is 11.6 Å². The Morgan fingerprint density at radius 2 is 1.71 bits per heavy atom. The van der Waals surface area contributed by atoms with Gasteiger partial charge < -0.3 is 10.2 Å². The van der Waals surface area contributed by atoms with Crippen LogP contribution in [0.15, 0.2) is 42.5 Å². The van der Waals surface area contributed by atoms with E-state index < -0.39 is 16.1 Å². The summed E-state index contributed by atoms with van der Waals surface area (Å²) in [5.41, 5.74) is 3.29. The number of aryl methyl sites for hydroxylation is 2. The Hall–Kier alpha value is -2.58. The molecule has 0 unspecified atom stereocenters. The Labute approximate surface area is 232 Å². The van der Waals surface area contributed by atoms with Crippen LogP contribution in [0, 0.1) is 13.8 Å². The monoisotopic (exact) mass is 561 g/mol. The van der Waals surface area contributed by atoms with Gasteiger partial charge in [-0.1, -0.05) is 55.6 Å². The van der Waals surface area contributed by atoms with Gasteiger partial charge in [0.25, 0.3) is 0 Å². The number of halogens is 1. The number of rotatable bonds is 12. The van der Waals surface area contributed by atoms with E-state index in [1.807, 2.05) is 57.2 Å². The molecule has 38 heavy (non-hydrogen) atoms. The molecule has 3 rings (SSSR count). The van der Waals surface area contributed by atoms with Crippen molar-refractivity contribution < 1.29 is 18.0 Å². The summed E-state index contributed by atoms with van der Waals surface area (Å²) in [6, 6.07) is 12.5. The highest BCUT2D eigenvalue weighted by Crippen LogP contribution is 2.24. The number of carbonyl (C=O) groups excluding carboxylic acids is 2. The fraction of sp³-hybridized carbons (Fsp3) is 0.517. The van der Waals surface area contributed by atoms with Gasteiger partial charge in [0.1, 0.15) is 6.04 Å². The lowest BCUT2D eigenvalue weighted by molar-refractivity contribution is -0.141. The number of nitrogens with one attached hydrogen (secondary N) is 1. The van der Waals surface area contributed by atoms with Crippen LogP contribution in [0.25, 0.3) is 0 Å². The van der Waals surface area contributed by atoms with Crippen LogP contribution < -0.4 is 9.62 Å². The molecule has 2 aromatic rings. The fourth-order valence-electron chi connectivity index (χ4n) is 5.20. The standard InChI is InChI=1S/C29H40ClN3O4S/c1-5-27(29(35)31-24-12-7-8-13-24)32(20-23-11-6-9-14-26(23)30)28(34)15-10-16-33(38(4,36)37)25-18-21(2)17-22(3)19-25/h6,9,11,14,17-19,24,27H,5,7-8,10,12-13,15-16,20H2,1-4H3,(H,31,35)/t27-/m0/s1. The fourth-order valence-corrected chi connectivity index (χ4v) is 6.34.